The second kappa shape index (κ2) is 11.3. The van der Waals surface area contributed by atoms with Gasteiger partial charge in [-0.1, -0.05) is 119 Å². The SMILES string of the molecule is N#Cc1ccc(CBr)cc1.c1ccc(P(c2ccccc2)c2ccccc2)cc1. The van der Waals surface area contributed by atoms with Gasteiger partial charge in [-0.25, -0.2) is 0 Å². The van der Waals surface area contributed by atoms with E-state index >= 15 is 0 Å². The zero-order valence-corrected chi connectivity index (χ0v) is 18.4. The highest BCUT2D eigenvalue weighted by molar-refractivity contribution is 9.08. The second-order valence-corrected chi connectivity index (χ2v) is 9.07. The van der Waals surface area contributed by atoms with E-state index in [1.54, 1.807) is 0 Å². The molecule has 0 aromatic heterocycles. The molecule has 0 aliphatic rings. The molecule has 0 unspecified atom stereocenters. The van der Waals surface area contributed by atoms with Gasteiger partial charge in [0, 0.05) is 5.33 Å². The topological polar surface area (TPSA) is 23.8 Å². The molecule has 1 nitrogen and oxygen atoms in total. The van der Waals surface area contributed by atoms with Gasteiger partial charge >= 0.3 is 0 Å². The van der Waals surface area contributed by atoms with Crippen LogP contribution in [0.5, 0.6) is 0 Å². The van der Waals surface area contributed by atoms with E-state index in [1.165, 1.54) is 21.5 Å². The summed E-state index contributed by atoms with van der Waals surface area (Å²) >= 11 is 3.32. The maximum atomic E-state index is 8.44. The van der Waals surface area contributed by atoms with E-state index in [9.17, 15) is 0 Å². The molecule has 0 heterocycles. The van der Waals surface area contributed by atoms with Crippen LogP contribution >= 0.6 is 23.9 Å². The normalized spacial score (nSPS) is 9.97. The quantitative estimate of drug-likeness (QED) is 0.276. The van der Waals surface area contributed by atoms with Crippen molar-refractivity contribution >= 4 is 39.8 Å². The Labute approximate surface area is 182 Å². The lowest BCUT2D eigenvalue weighted by Crippen LogP contribution is -2.20. The molecule has 0 atom stereocenters. The molecule has 4 aromatic rings. The van der Waals surface area contributed by atoms with E-state index in [4.69, 9.17) is 5.26 Å². The second-order valence-electron chi connectivity index (χ2n) is 6.28. The van der Waals surface area contributed by atoms with Gasteiger partial charge in [0.25, 0.3) is 0 Å². The first-order valence-corrected chi connectivity index (χ1v) is 11.8. The van der Waals surface area contributed by atoms with Gasteiger partial charge in [0.2, 0.25) is 0 Å². The van der Waals surface area contributed by atoms with Crippen molar-refractivity contribution in [3.8, 4) is 6.07 Å². The summed E-state index contributed by atoms with van der Waals surface area (Å²) in [5, 5.41) is 13.5. The highest BCUT2D eigenvalue weighted by Gasteiger charge is 2.14. The maximum absolute atomic E-state index is 8.44. The third-order valence-corrected chi connectivity index (χ3v) is 7.37. The highest BCUT2D eigenvalue weighted by atomic mass is 79.9. The molecule has 4 aromatic carbocycles. The fourth-order valence-corrected chi connectivity index (χ4v) is 5.53. The first-order chi connectivity index (χ1) is 14.3. The number of alkyl halides is 1. The minimum atomic E-state index is -0.446. The predicted octanol–water partition coefficient (Wildman–Crippen LogP) is 5.90. The molecular weight excluding hydrogens is 437 g/mol. The van der Waals surface area contributed by atoms with Crippen LogP contribution in [-0.4, -0.2) is 0 Å². The molecular formula is C26H21BrNP. The third kappa shape index (κ3) is 6.13. The number of benzene rings is 4. The Morgan fingerprint density at radius 2 is 0.966 bits per heavy atom. The van der Waals surface area contributed by atoms with Crippen LogP contribution in [0.15, 0.2) is 115 Å². The average Bonchev–Trinajstić information content (AvgIpc) is 2.82. The summed E-state index contributed by atoms with van der Waals surface area (Å²) < 4.78 is 0. The number of nitriles is 1. The first kappa shape index (κ1) is 21.0. The van der Waals surface area contributed by atoms with Gasteiger partial charge < -0.3 is 0 Å². The molecule has 3 heteroatoms. The number of rotatable bonds is 4. The number of hydrogen-bond acceptors (Lipinski definition) is 1. The van der Waals surface area contributed by atoms with E-state index in [2.05, 4.69) is 113 Å². The molecule has 0 spiro atoms. The minimum Gasteiger partial charge on any atom is -0.192 e. The van der Waals surface area contributed by atoms with Crippen LogP contribution in [0.4, 0.5) is 0 Å². The lowest BCUT2D eigenvalue weighted by Gasteiger charge is -2.18. The molecule has 0 aliphatic heterocycles. The maximum Gasteiger partial charge on any atom is 0.0991 e. The van der Waals surface area contributed by atoms with Crippen LogP contribution in [0.2, 0.25) is 0 Å². The Morgan fingerprint density at radius 1 is 0.586 bits per heavy atom. The number of halogens is 1. The Balaban J connectivity index is 0.000000204. The smallest absolute Gasteiger partial charge is 0.0991 e. The largest absolute Gasteiger partial charge is 0.192 e. The van der Waals surface area contributed by atoms with Crippen molar-refractivity contribution in [2.75, 3.05) is 0 Å². The van der Waals surface area contributed by atoms with Crippen molar-refractivity contribution in [1.82, 2.24) is 0 Å². The van der Waals surface area contributed by atoms with Crippen LogP contribution in [0.25, 0.3) is 0 Å². The van der Waals surface area contributed by atoms with E-state index in [0.717, 1.165) is 5.33 Å². The van der Waals surface area contributed by atoms with Gasteiger partial charge in [0.1, 0.15) is 0 Å². The van der Waals surface area contributed by atoms with Crippen molar-refractivity contribution < 1.29 is 0 Å². The summed E-state index contributed by atoms with van der Waals surface area (Å²) in [6.07, 6.45) is 0. The fraction of sp³-hybridized carbons (Fsp3) is 0.0385. The molecule has 0 aliphatic carbocycles. The first-order valence-electron chi connectivity index (χ1n) is 9.32. The molecule has 29 heavy (non-hydrogen) atoms. The third-order valence-electron chi connectivity index (χ3n) is 4.28. The average molecular weight is 458 g/mol. The van der Waals surface area contributed by atoms with Crippen LogP contribution in [0.3, 0.4) is 0 Å². The molecule has 0 bridgehead atoms. The lowest BCUT2D eigenvalue weighted by atomic mass is 10.2. The van der Waals surface area contributed by atoms with Gasteiger partial charge in [0.15, 0.2) is 0 Å². The van der Waals surface area contributed by atoms with Crippen molar-refractivity contribution in [3.05, 3.63) is 126 Å². The van der Waals surface area contributed by atoms with Gasteiger partial charge in [-0.2, -0.15) is 5.26 Å². The zero-order chi connectivity index (χ0) is 20.3. The summed E-state index contributed by atoms with van der Waals surface area (Å²) in [5.41, 5.74) is 1.91. The minimum absolute atomic E-state index is 0.446. The lowest BCUT2D eigenvalue weighted by molar-refractivity contribution is 1.41. The molecule has 0 saturated heterocycles. The molecule has 0 saturated carbocycles. The molecule has 142 valence electrons. The summed E-state index contributed by atoms with van der Waals surface area (Å²) in [5.74, 6) is 0. The van der Waals surface area contributed by atoms with Gasteiger partial charge in [-0.05, 0) is 41.5 Å². The standard InChI is InChI=1S/C18H15P.C8H6BrN/c1-4-10-16(11-5-1)19(17-12-6-2-7-13-17)18-14-8-3-9-15-18;9-5-7-1-3-8(6-10)4-2-7/h1-15H;1-4H,5H2. The van der Waals surface area contributed by atoms with Crippen LogP contribution in [0, 0.1) is 11.3 Å². The summed E-state index contributed by atoms with van der Waals surface area (Å²) in [7, 11) is -0.446. The van der Waals surface area contributed by atoms with Gasteiger partial charge in [0.05, 0.1) is 11.6 Å². The molecule has 0 radical (unpaired) electrons. The van der Waals surface area contributed by atoms with Crippen LogP contribution in [0.1, 0.15) is 11.1 Å². The Morgan fingerprint density at radius 3 is 1.28 bits per heavy atom. The summed E-state index contributed by atoms with van der Waals surface area (Å²) in [6, 6.07) is 41.9. The molecule has 4 rings (SSSR count). The van der Waals surface area contributed by atoms with Crippen molar-refractivity contribution in [2.24, 2.45) is 0 Å². The van der Waals surface area contributed by atoms with Gasteiger partial charge in [-0.15, -0.1) is 0 Å². The Hall–Kier alpha value is -2.72. The number of nitrogens with zero attached hydrogens (tertiary/aromatic N) is 1. The highest BCUT2D eigenvalue weighted by Crippen LogP contribution is 2.32. The molecule has 0 amide bonds. The van der Waals surface area contributed by atoms with Gasteiger partial charge in [-0.3, -0.25) is 0 Å². The molecule has 0 fully saturated rings. The van der Waals surface area contributed by atoms with E-state index in [-0.39, 0.29) is 0 Å². The fourth-order valence-electron chi connectivity index (χ4n) is 2.85. The van der Waals surface area contributed by atoms with E-state index in [1.807, 2.05) is 24.3 Å². The summed E-state index contributed by atoms with van der Waals surface area (Å²) in [6.45, 7) is 0. The monoisotopic (exact) mass is 457 g/mol. The Kier molecular flexibility index (Phi) is 8.20. The predicted molar refractivity (Wildman–Crippen MR) is 129 cm³/mol. The van der Waals surface area contributed by atoms with Crippen molar-refractivity contribution in [3.63, 3.8) is 0 Å². The zero-order valence-electron chi connectivity index (χ0n) is 15.9. The van der Waals surface area contributed by atoms with Crippen molar-refractivity contribution in [1.29, 1.82) is 5.26 Å². The van der Waals surface area contributed by atoms with Crippen LogP contribution < -0.4 is 15.9 Å². The Bertz CT molecular complexity index is 933. The number of hydrogen-bond donors (Lipinski definition) is 0. The van der Waals surface area contributed by atoms with E-state index < -0.39 is 7.92 Å². The van der Waals surface area contributed by atoms with Crippen LogP contribution in [-0.2, 0) is 5.33 Å². The summed E-state index contributed by atoms with van der Waals surface area (Å²) in [4.78, 5) is 0. The van der Waals surface area contributed by atoms with Crippen molar-refractivity contribution in [2.45, 2.75) is 5.33 Å². The van der Waals surface area contributed by atoms with E-state index in [0.29, 0.717) is 5.56 Å². The molecule has 0 N–H and O–H groups in total.